The first-order valence-electron chi connectivity index (χ1n) is 8.75. The Morgan fingerprint density at radius 3 is 2.75 bits per heavy atom. The highest BCUT2D eigenvalue weighted by atomic mass is 32.2. The Bertz CT molecular complexity index is 982. The van der Waals surface area contributed by atoms with Gasteiger partial charge in [0.05, 0.1) is 11.5 Å². The minimum Gasteiger partial charge on any atom is -0.395 e. The number of nitrogens with zero attached hydrogens (tertiary/aromatic N) is 1. The summed E-state index contributed by atoms with van der Waals surface area (Å²) in [6, 6.07) is 8.58. The van der Waals surface area contributed by atoms with Gasteiger partial charge < -0.3 is 10.4 Å². The highest BCUT2D eigenvalue weighted by Crippen LogP contribution is 2.26. The number of nitrogens with one attached hydrogen (secondary N) is 1. The summed E-state index contributed by atoms with van der Waals surface area (Å²) in [4.78, 5) is 12.4. The summed E-state index contributed by atoms with van der Waals surface area (Å²) >= 11 is 0. The number of alkyl halides is 1. The van der Waals surface area contributed by atoms with Crippen molar-refractivity contribution in [3.8, 4) is 0 Å². The molecule has 28 heavy (non-hydrogen) atoms. The van der Waals surface area contributed by atoms with E-state index < -0.39 is 34.5 Å². The molecule has 9 heteroatoms. The van der Waals surface area contributed by atoms with Crippen LogP contribution in [0.4, 0.5) is 14.5 Å². The molecule has 1 amide bonds. The molecule has 1 atom stereocenters. The van der Waals surface area contributed by atoms with E-state index in [1.165, 1.54) is 40.7 Å². The minimum absolute atomic E-state index is 0.0518. The number of aliphatic hydroxyl groups excluding tert-OH is 1. The van der Waals surface area contributed by atoms with E-state index in [0.29, 0.717) is 19.4 Å². The van der Waals surface area contributed by atoms with Gasteiger partial charge >= 0.3 is 0 Å². The van der Waals surface area contributed by atoms with Gasteiger partial charge in [-0.25, -0.2) is 17.2 Å². The second-order valence-corrected chi connectivity index (χ2v) is 8.41. The first-order valence-corrected chi connectivity index (χ1v) is 10.2. The molecule has 1 fully saturated rings. The summed E-state index contributed by atoms with van der Waals surface area (Å²) < 4.78 is 53.1. The fourth-order valence-electron chi connectivity index (χ4n) is 3.20. The summed E-state index contributed by atoms with van der Waals surface area (Å²) in [5.74, 6) is -1.31. The van der Waals surface area contributed by atoms with Crippen molar-refractivity contribution in [3.63, 3.8) is 0 Å². The average molecular weight is 410 g/mol. The van der Waals surface area contributed by atoms with Crippen molar-refractivity contribution in [2.45, 2.75) is 30.5 Å². The third-order valence-electron chi connectivity index (χ3n) is 4.68. The van der Waals surface area contributed by atoms with Crippen molar-refractivity contribution in [2.24, 2.45) is 0 Å². The Kier molecular flexibility index (Phi) is 6.07. The number of rotatable bonds is 6. The molecule has 1 saturated heterocycles. The molecule has 1 aliphatic heterocycles. The molecule has 2 aromatic rings. The lowest BCUT2D eigenvalue weighted by Gasteiger charge is -2.22. The monoisotopic (exact) mass is 410 g/mol. The van der Waals surface area contributed by atoms with Crippen LogP contribution in [0.15, 0.2) is 47.4 Å². The number of carbonyl (C=O) groups excluding carboxylic acids is 1. The molecule has 0 spiro atoms. The van der Waals surface area contributed by atoms with Gasteiger partial charge in [-0.15, -0.1) is 0 Å². The Morgan fingerprint density at radius 2 is 2.04 bits per heavy atom. The molecule has 0 radical (unpaired) electrons. The molecule has 150 valence electrons. The first kappa shape index (κ1) is 20.4. The van der Waals surface area contributed by atoms with E-state index >= 15 is 0 Å². The minimum atomic E-state index is -3.85. The van der Waals surface area contributed by atoms with E-state index in [-0.39, 0.29) is 28.3 Å². The van der Waals surface area contributed by atoms with Crippen molar-refractivity contribution in [1.29, 1.82) is 0 Å². The number of hydrogen-bond acceptors (Lipinski definition) is 4. The van der Waals surface area contributed by atoms with Crippen LogP contribution in [0, 0.1) is 5.82 Å². The van der Waals surface area contributed by atoms with Crippen LogP contribution >= 0.6 is 0 Å². The zero-order valence-electron chi connectivity index (χ0n) is 14.9. The number of sulfonamides is 1. The molecule has 3 rings (SSSR count). The summed E-state index contributed by atoms with van der Waals surface area (Å²) in [7, 11) is -3.85. The number of amides is 1. The van der Waals surface area contributed by atoms with Gasteiger partial charge in [0.2, 0.25) is 10.0 Å². The van der Waals surface area contributed by atoms with Crippen LogP contribution in [-0.2, 0) is 16.7 Å². The van der Waals surface area contributed by atoms with Crippen LogP contribution in [0.25, 0.3) is 0 Å². The lowest BCUT2D eigenvalue weighted by molar-refractivity contribution is 0.102. The van der Waals surface area contributed by atoms with Gasteiger partial charge in [-0.1, -0.05) is 6.07 Å². The summed E-state index contributed by atoms with van der Waals surface area (Å²) in [5, 5.41) is 11.9. The van der Waals surface area contributed by atoms with E-state index in [2.05, 4.69) is 5.32 Å². The van der Waals surface area contributed by atoms with Crippen LogP contribution in [-0.4, -0.2) is 42.9 Å². The third-order valence-corrected chi connectivity index (χ3v) is 6.63. The van der Waals surface area contributed by atoms with Crippen LogP contribution in [0.3, 0.4) is 0 Å². The average Bonchev–Trinajstić information content (AvgIpc) is 3.19. The highest BCUT2D eigenvalue weighted by molar-refractivity contribution is 7.89. The first-order chi connectivity index (χ1) is 13.4. The largest absolute Gasteiger partial charge is 0.395 e. The van der Waals surface area contributed by atoms with Gasteiger partial charge in [0.25, 0.3) is 5.91 Å². The topological polar surface area (TPSA) is 86.7 Å². The van der Waals surface area contributed by atoms with Crippen molar-refractivity contribution in [1.82, 2.24) is 4.31 Å². The number of aliphatic hydroxyl groups is 1. The fraction of sp³-hybridized carbons (Fsp3) is 0.316. The van der Waals surface area contributed by atoms with Crippen LogP contribution < -0.4 is 5.32 Å². The molecular formula is C19H20F2N2O4S. The Labute approximate surface area is 161 Å². The quantitative estimate of drug-likeness (QED) is 0.767. The third kappa shape index (κ3) is 4.06. The van der Waals surface area contributed by atoms with Crippen LogP contribution in [0.1, 0.15) is 28.8 Å². The normalized spacial score (nSPS) is 17.6. The van der Waals surface area contributed by atoms with Gasteiger partial charge in [-0.3, -0.25) is 4.79 Å². The van der Waals surface area contributed by atoms with Crippen LogP contribution in [0.2, 0.25) is 0 Å². The lowest BCUT2D eigenvalue weighted by Crippen LogP contribution is -2.37. The summed E-state index contributed by atoms with van der Waals surface area (Å²) in [6.45, 7) is -0.961. The standard InChI is InChI=1S/C19H20F2N2O4S/c20-11-14-9-15(6-7-18(14)21)22-19(25)13-3-1-5-17(10-13)28(26,27)23-8-2-4-16(23)12-24/h1,3,5-7,9-10,16,24H,2,4,8,11-12H2,(H,22,25). The van der Waals surface area contributed by atoms with E-state index in [0.717, 1.165) is 6.07 Å². The predicted molar refractivity (Wildman–Crippen MR) is 99.6 cm³/mol. The number of anilines is 1. The van der Waals surface area contributed by atoms with Crippen molar-refractivity contribution in [3.05, 3.63) is 59.4 Å². The lowest BCUT2D eigenvalue weighted by atomic mass is 10.1. The predicted octanol–water partition coefficient (Wildman–Crippen LogP) is 2.69. The van der Waals surface area contributed by atoms with Crippen molar-refractivity contribution >= 4 is 21.6 Å². The zero-order chi connectivity index (χ0) is 20.3. The molecule has 2 aromatic carbocycles. The zero-order valence-corrected chi connectivity index (χ0v) is 15.8. The van der Waals surface area contributed by atoms with E-state index in [1.54, 1.807) is 0 Å². The molecular weight excluding hydrogens is 390 g/mol. The second kappa shape index (κ2) is 8.34. The second-order valence-electron chi connectivity index (χ2n) is 6.52. The van der Waals surface area contributed by atoms with E-state index in [4.69, 9.17) is 0 Å². The van der Waals surface area contributed by atoms with Crippen LogP contribution in [0.5, 0.6) is 0 Å². The number of halogens is 2. The molecule has 6 nitrogen and oxygen atoms in total. The highest BCUT2D eigenvalue weighted by Gasteiger charge is 2.35. The SMILES string of the molecule is O=C(Nc1ccc(F)c(CF)c1)c1cccc(S(=O)(=O)N2CCCC2CO)c1. The Morgan fingerprint density at radius 1 is 1.25 bits per heavy atom. The van der Waals surface area contributed by atoms with Crippen molar-refractivity contribution < 1.29 is 27.1 Å². The maximum atomic E-state index is 13.4. The van der Waals surface area contributed by atoms with E-state index in [1.807, 2.05) is 0 Å². The smallest absolute Gasteiger partial charge is 0.255 e. The number of carbonyl (C=O) groups is 1. The molecule has 0 aliphatic carbocycles. The molecule has 2 N–H and O–H groups in total. The molecule has 1 heterocycles. The Hall–Kier alpha value is -2.36. The maximum Gasteiger partial charge on any atom is 0.255 e. The Balaban J connectivity index is 1.84. The van der Waals surface area contributed by atoms with Gasteiger partial charge in [0, 0.05) is 29.4 Å². The molecule has 1 aliphatic rings. The van der Waals surface area contributed by atoms with Crippen molar-refractivity contribution in [2.75, 3.05) is 18.5 Å². The number of benzene rings is 2. The van der Waals surface area contributed by atoms with Gasteiger partial charge in [-0.2, -0.15) is 4.31 Å². The maximum absolute atomic E-state index is 13.4. The summed E-state index contributed by atoms with van der Waals surface area (Å²) in [5.41, 5.74) is 0.109. The number of hydrogen-bond donors (Lipinski definition) is 2. The van der Waals surface area contributed by atoms with Gasteiger partial charge in [0.15, 0.2) is 0 Å². The fourth-order valence-corrected chi connectivity index (χ4v) is 4.93. The van der Waals surface area contributed by atoms with Gasteiger partial charge in [-0.05, 0) is 49.2 Å². The molecule has 0 bridgehead atoms. The molecule has 0 aromatic heterocycles. The molecule has 1 unspecified atom stereocenters. The van der Waals surface area contributed by atoms with Gasteiger partial charge in [0.1, 0.15) is 12.5 Å². The van der Waals surface area contributed by atoms with E-state index in [9.17, 15) is 27.1 Å². The molecule has 0 saturated carbocycles. The summed E-state index contributed by atoms with van der Waals surface area (Å²) in [6.07, 6.45) is 1.24.